The maximum absolute atomic E-state index is 3.80. The van der Waals surface area contributed by atoms with Crippen LogP contribution >= 0.6 is 15.9 Å². The maximum Gasteiger partial charge on any atom is 0.0489 e. The van der Waals surface area contributed by atoms with Crippen LogP contribution < -0.4 is 5.32 Å². The third-order valence-corrected chi connectivity index (χ3v) is 5.71. The van der Waals surface area contributed by atoms with E-state index in [0.29, 0.717) is 6.04 Å². The largest absolute Gasteiger partial charge is 0.381 e. The minimum absolute atomic E-state index is 0.641. The molecule has 118 valence electrons. The Balaban J connectivity index is 1.92. The van der Waals surface area contributed by atoms with Crippen LogP contribution in [0.3, 0.4) is 0 Å². The van der Waals surface area contributed by atoms with Gasteiger partial charge in [0, 0.05) is 16.2 Å². The topological polar surface area (TPSA) is 12.0 Å². The molecule has 1 aliphatic carbocycles. The third kappa shape index (κ3) is 6.02. The quantitative estimate of drug-likeness (QED) is 0.614. The van der Waals surface area contributed by atoms with Crippen LogP contribution in [0.4, 0.5) is 5.69 Å². The summed E-state index contributed by atoms with van der Waals surface area (Å²) in [6.45, 7) is 2.16. The summed E-state index contributed by atoms with van der Waals surface area (Å²) in [6, 6.07) is 7.16. The second-order valence-electron chi connectivity index (χ2n) is 6.54. The molecule has 1 nitrogen and oxygen atoms in total. The molecule has 1 aliphatic rings. The summed E-state index contributed by atoms with van der Waals surface area (Å²) in [4.78, 5) is 0. The van der Waals surface area contributed by atoms with Crippen LogP contribution in [0.25, 0.3) is 0 Å². The van der Waals surface area contributed by atoms with Gasteiger partial charge in [0.2, 0.25) is 0 Å². The molecule has 21 heavy (non-hydrogen) atoms. The zero-order chi connectivity index (χ0) is 14.9. The first kappa shape index (κ1) is 16.9. The molecule has 1 aromatic rings. The van der Waals surface area contributed by atoms with Crippen LogP contribution in [0.5, 0.6) is 0 Å². The average molecular weight is 352 g/mol. The van der Waals surface area contributed by atoms with E-state index in [4.69, 9.17) is 0 Å². The monoisotopic (exact) mass is 351 g/mol. The van der Waals surface area contributed by atoms with E-state index >= 15 is 0 Å². The van der Waals surface area contributed by atoms with Crippen molar-refractivity contribution in [3.05, 3.63) is 28.2 Å². The Morgan fingerprint density at radius 1 is 0.857 bits per heavy atom. The molecule has 1 N–H and O–H groups in total. The van der Waals surface area contributed by atoms with Crippen molar-refractivity contribution in [1.29, 1.82) is 0 Å². The van der Waals surface area contributed by atoms with Crippen molar-refractivity contribution in [2.24, 2.45) is 0 Å². The Labute approximate surface area is 139 Å². The number of halogens is 1. The van der Waals surface area contributed by atoms with Crippen molar-refractivity contribution in [1.82, 2.24) is 0 Å². The van der Waals surface area contributed by atoms with Crippen molar-refractivity contribution in [3.8, 4) is 0 Å². The highest BCUT2D eigenvalue weighted by molar-refractivity contribution is 9.10. The Morgan fingerprint density at radius 2 is 1.38 bits per heavy atom. The van der Waals surface area contributed by atoms with Crippen LogP contribution in [-0.4, -0.2) is 6.04 Å². The first-order valence-electron chi connectivity index (χ1n) is 8.79. The van der Waals surface area contributed by atoms with E-state index in [2.05, 4.69) is 46.4 Å². The number of hydrogen-bond acceptors (Lipinski definition) is 1. The zero-order valence-corrected chi connectivity index (χ0v) is 15.1. The van der Waals surface area contributed by atoms with Crippen molar-refractivity contribution in [2.45, 2.75) is 83.6 Å². The fourth-order valence-corrected chi connectivity index (χ4v) is 3.67. The van der Waals surface area contributed by atoms with Crippen LogP contribution in [0.1, 0.15) is 76.2 Å². The standard InChI is InChI=1S/C19H30BrN/c1-16-12-11-15-18(19(16)20)21-17-13-9-7-5-3-2-4-6-8-10-14-17/h11-12,15,17,21H,2-10,13-14H2,1H3. The highest BCUT2D eigenvalue weighted by Crippen LogP contribution is 2.28. The Hall–Kier alpha value is -0.500. The second kappa shape index (κ2) is 9.50. The van der Waals surface area contributed by atoms with Crippen LogP contribution in [-0.2, 0) is 0 Å². The van der Waals surface area contributed by atoms with Crippen LogP contribution in [0.2, 0.25) is 0 Å². The normalized spacial score (nSPS) is 19.5. The molecule has 0 radical (unpaired) electrons. The van der Waals surface area contributed by atoms with Crippen molar-refractivity contribution in [2.75, 3.05) is 5.32 Å². The van der Waals surface area contributed by atoms with Gasteiger partial charge in [0.15, 0.2) is 0 Å². The van der Waals surface area contributed by atoms with E-state index < -0.39 is 0 Å². The lowest BCUT2D eigenvalue weighted by Gasteiger charge is -2.22. The molecule has 0 heterocycles. The predicted octanol–water partition coefficient (Wildman–Crippen LogP) is 6.84. The van der Waals surface area contributed by atoms with Crippen molar-refractivity contribution in [3.63, 3.8) is 0 Å². The summed E-state index contributed by atoms with van der Waals surface area (Å²) in [5, 5.41) is 3.80. The smallest absolute Gasteiger partial charge is 0.0489 e. The van der Waals surface area contributed by atoms with E-state index in [9.17, 15) is 0 Å². The van der Waals surface area contributed by atoms with Crippen LogP contribution in [0, 0.1) is 6.92 Å². The Bertz CT molecular complexity index is 404. The van der Waals surface area contributed by atoms with Gasteiger partial charge in [-0.05, 0) is 47.3 Å². The van der Waals surface area contributed by atoms with Gasteiger partial charge in [0.05, 0.1) is 0 Å². The molecular formula is C19H30BrN. The fourth-order valence-electron chi connectivity index (χ4n) is 3.29. The van der Waals surface area contributed by atoms with Gasteiger partial charge in [-0.15, -0.1) is 0 Å². The first-order chi connectivity index (χ1) is 10.3. The lowest BCUT2D eigenvalue weighted by molar-refractivity contribution is 0.480. The predicted molar refractivity (Wildman–Crippen MR) is 97.1 cm³/mol. The molecule has 2 heteroatoms. The second-order valence-corrected chi connectivity index (χ2v) is 7.33. The van der Waals surface area contributed by atoms with Gasteiger partial charge >= 0.3 is 0 Å². The summed E-state index contributed by atoms with van der Waals surface area (Å²) < 4.78 is 1.23. The average Bonchev–Trinajstić information content (AvgIpc) is 2.46. The van der Waals surface area contributed by atoms with E-state index in [1.165, 1.54) is 86.4 Å². The molecule has 0 atom stereocenters. The summed E-state index contributed by atoms with van der Waals surface area (Å²) in [6.07, 6.45) is 15.4. The lowest BCUT2D eigenvalue weighted by atomic mass is 9.97. The Kier molecular flexibility index (Phi) is 7.63. The number of rotatable bonds is 2. The molecule has 0 aromatic heterocycles. The molecule has 0 aliphatic heterocycles. The summed E-state index contributed by atoms with van der Waals surface area (Å²) in [5.41, 5.74) is 2.58. The number of anilines is 1. The van der Waals surface area contributed by atoms with E-state index in [1.807, 2.05) is 0 Å². The summed E-state index contributed by atoms with van der Waals surface area (Å²) in [7, 11) is 0. The molecular weight excluding hydrogens is 322 g/mol. The van der Waals surface area contributed by atoms with Crippen molar-refractivity contribution < 1.29 is 0 Å². The van der Waals surface area contributed by atoms with E-state index in [1.54, 1.807) is 0 Å². The molecule has 0 saturated heterocycles. The minimum atomic E-state index is 0.641. The number of nitrogens with one attached hydrogen (secondary N) is 1. The number of benzene rings is 1. The molecule has 0 bridgehead atoms. The molecule has 0 spiro atoms. The van der Waals surface area contributed by atoms with E-state index in [0.717, 1.165) is 0 Å². The molecule has 0 unspecified atom stereocenters. The minimum Gasteiger partial charge on any atom is -0.381 e. The maximum atomic E-state index is 3.80. The van der Waals surface area contributed by atoms with Crippen molar-refractivity contribution >= 4 is 21.6 Å². The zero-order valence-electron chi connectivity index (χ0n) is 13.5. The summed E-state index contributed by atoms with van der Waals surface area (Å²) >= 11 is 3.73. The molecule has 1 fully saturated rings. The fraction of sp³-hybridized carbons (Fsp3) is 0.684. The molecule has 1 aromatic carbocycles. The first-order valence-corrected chi connectivity index (χ1v) is 9.58. The number of aryl methyl sites for hydroxylation is 1. The molecule has 2 rings (SSSR count). The van der Waals surface area contributed by atoms with Gasteiger partial charge in [-0.25, -0.2) is 0 Å². The van der Waals surface area contributed by atoms with Gasteiger partial charge in [-0.3, -0.25) is 0 Å². The van der Waals surface area contributed by atoms with Gasteiger partial charge in [-0.2, -0.15) is 0 Å². The van der Waals surface area contributed by atoms with Gasteiger partial charge in [0.1, 0.15) is 0 Å². The molecule has 0 amide bonds. The highest BCUT2D eigenvalue weighted by Gasteiger charge is 2.11. The van der Waals surface area contributed by atoms with E-state index in [-0.39, 0.29) is 0 Å². The van der Waals surface area contributed by atoms with Gasteiger partial charge in [0.25, 0.3) is 0 Å². The summed E-state index contributed by atoms with van der Waals surface area (Å²) in [5.74, 6) is 0. The Morgan fingerprint density at radius 3 is 1.95 bits per heavy atom. The SMILES string of the molecule is Cc1cccc(NC2CCCCCCCCCCC2)c1Br. The molecule has 1 saturated carbocycles. The highest BCUT2D eigenvalue weighted by atomic mass is 79.9. The number of hydrogen-bond donors (Lipinski definition) is 1. The van der Waals surface area contributed by atoms with Gasteiger partial charge < -0.3 is 5.32 Å². The lowest BCUT2D eigenvalue weighted by Crippen LogP contribution is -2.20. The van der Waals surface area contributed by atoms with Crippen LogP contribution in [0.15, 0.2) is 22.7 Å². The third-order valence-electron chi connectivity index (χ3n) is 4.66. The van der Waals surface area contributed by atoms with Gasteiger partial charge in [-0.1, -0.05) is 69.9 Å².